The Hall–Kier alpha value is -2.63. The van der Waals surface area contributed by atoms with Crippen LogP contribution in [0.15, 0.2) is 45.7 Å². The quantitative estimate of drug-likeness (QED) is 0.781. The van der Waals surface area contributed by atoms with Gasteiger partial charge in [0.15, 0.2) is 0 Å². The molecule has 0 aliphatic heterocycles. The van der Waals surface area contributed by atoms with Crippen LogP contribution in [0, 0.1) is 18.3 Å². The number of sulfonamides is 1. The highest BCUT2D eigenvalue weighted by Crippen LogP contribution is 2.15. The Labute approximate surface area is 147 Å². The number of nitrogens with zero attached hydrogens (tertiary/aromatic N) is 3. The molecule has 0 aliphatic carbocycles. The van der Waals surface area contributed by atoms with Gasteiger partial charge in [-0.3, -0.25) is 4.79 Å². The Balaban J connectivity index is 2.04. The topological polar surface area (TPSA) is 94.6 Å². The fourth-order valence-corrected chi connectivity index (χ4v) is 3.29. The molecule has 1 amide bonds. The maximum absolute atomic E-state index is 12.5. The van der Waals surface area contributed by atoms with E-state index in [9.17, 15) is 13.2 Å². The van der Waals surface area contributed by atoms with Crippen molar-refractivity contribution < 1.29 is 17.6 Å². The number of furan rings is 1. The van der Waals surface area contributed by atoms with E-state index in [1.165, 1.54) is 36.2 Å². The molecule has 0 N–H and O–H groups in total. The largest absolute Gasteiger partial charge is 0.464 e. The summed E-state index contributed by atoms with van der Waals surface area (Å²) in [5, 5.41) is 8.78. The van der Waals surface area contributed by atoms with Gasteiger partial charge in [0.25, 0.3) is 0 Å². The average molecular weight is 361 g/mol. The van der Waals surface area contributed by atoms with Gasteiger partial charge in [0.2, 0.25) is 15.9 Å². The van der Waals surface area contributed by atoms with Crippen LogP contribution in [0.4, 0.5) is 0 Å². The lowest BCUT2D eigenvalue weighted by atomic mass is 10.2. The molecule has 1 aromatic carbocycles. The van der Waals surface area contributed by atoms with E-state index in [4.69, 9.17) is 9.68 Å². The van der Waals surface area contributed by atoms with Crippen LogP contribution >= 0.6 is 0 Å². The Morgan fingerprint density at radius 2 is 1.80 bits per heavy atom. The third kappa shape index (κ3) is 4.47. The summed E-state index contributed by atoms with van der Waals surface area (Å²) in [4.78, 5) is 13.7. The van der Waals surface area contributed by atoms with Crippen LogP contribution in [0.3, 0.4) is 0 Å². The SMILES string of the molecule is Cc1ccc(CN(C)C(=O)CN(C)S(=O)(=O)c2ccc(C#N)cc2)o1. The second kappa shape index (κ2) is 7.51. The van der Waals surface area contributed by atoms with E-state index in [0.29, 0.717) is 11.3 Å². The van der Waals surface area contributed by atoms with Crippen molar-refractivity contribution in [2.24, 2.45) is 0 Å². The Kier molecular flexibility index (Phi) is 5.62. The summed E-state index contributed by atoms with van der Waals surface area (Å²) < 4.78 is 31.4. The molecule has 0 unspecified atom stereocenters. The van der Waals surface area contributed by atoms with Gasteiger partial charge in [-0.2, -0.15) is 9.57 Å². The molecule has 0 fully saturated rings. The van der Waals surface area contributed by atoms with Crippen LogP contribution in [0.25, 0.3) is 0 Å². The molecule has 0 radical (unpaired) electrons. The second-order valence-corrected chi connectivity index (χ2v) is 7.70. The Bertz CT molecular complexity index is 895. The van der Waals surface area contributed by atoms with Crippen molar-refractivity contribution in [3.05, 3.63) is 53.5 Å². The first-order chi connectivity index (χ1) is 11.7. The minimum atomic E-state index is -3.81. The lowest BCUT2D eigenvalue weighted by Gasteiger charge is -2.21. The fraction of sp³-hybridized carbons (Fsp3) is 0.294. The number of carbonyl (C=O) groups excluding carboxylic acids is 1. The summed E-state index contributed by atoms with van der Waals surface area (Å²) in [6.45, 7) is 1.78. The number of amides is 1. The summed E-state index contributed by atoms with van der Waals surface area (Å²) in [5.41, 5.74) is 0.367. The summed E-state index contributed by atoms with van der Waals surface area (Å²) >= 11 is 0. The number of benzene rings is 1. The van der Waals surface area contributed by atoms with Gasteiger partial charge >= 0.3 is 0 Å². The van der Waals surface area contributed by atoms with Crippen molar-refractivity contribution in [3.63, 3.8) is 0 Å². The predicted octanol–water partition coefficient (Wildman–Crippen LogP) is 1.74. The van der Waals surface area contributed by atoms with Gasteiger partial charge in [-0.05, 0) is 43.3 Å². The molecular formula is C17H19N3O4S. The van der Waals surface area contributed by atoms with Crippen molar-refractivity contribution in [3.8, 4) is 6.07 Å². The van der Waals surface area contributed by atoms with Gasteiger partial charge in [0.1, 0.15) is 11.5 Å². The summed E-state index contributed by atoms with van der Waals surface area (Å²) in [6.07, 6.45) is 0. The molecule has 7 nitrogen and oxygen atoms in total. The number of hydrogen-bond donors (Lipinski definition) is 0. The summed E-state index contributed by atoms with van der Waals surface area (Å²) in [7, 11) is -0.879. The number of aryl methyl sites for hydroxylation is 1. The van der Waals surface area contributed by atoms with Crippen LogP contribution in [0.2, 0.25) is 0 Å². The first-order valence-corrected chi connectivity index (χ1v) is 8.94. The second-order valence-electron chi connectivity index (χ2n) is 5.66. The number of nitriles is 1. The van der Waals surface area contributed by atoms with Gasteiger partial charge in [0.05, 0.1) is 29.6 Å². The highest BCUT2D eigenvalue weighted by atomic mass is 32.2. The van der Waals surface area contributed by atoms with Crippen molar-refractivity contribution in [1.29, 1.82) is 5.26 Å². The Morgan fingerprint density at radius 3 is 2.32 bits per heavy atom. The zero-order valence-corrected chi connectivity index (χ0v) is 15.1. The first-order valence-electron chi connectivity index (χ1n) is 7.50. The molecule has 8 heteroatoms. The average Bonchev–Trinajstić information content (AvgIpc) is 2.99. The molecular weight excluding hydrogens is 342 g/mol. The summed E-state index contributed by atoms with van der Waals surface area (Å²) in [5.74, 6) is 1.02. The highest BCUT2D eigenvalue weighted by Gasteiger charge is 2.24. The standard InChI is InChI=1S/C17H19N3O4S/c1-13-4-7-15(24-13)11-19(2)17(21)12-20(3)25(22,23)16-8-5-14(10-18)6-9-16/h4-9H,11-12H2,1-3H3. The molecule has 2 rings (SSSR count). The number of carbonyl (C=O) groups is 1. The summed E-state index contributed by atoms with van der Waals surface area (Å²) in [6, 6.07) is 11.1. The molecule has 25 heavy (non-hydrogen) atoms. The van der Waals surface area contributed by atoms with Crippen molar-refractivity contribution in [2.45, 2.75) is 18.4 Å². The number of rotatable bonds is 6. The third-order valence-corrected chi connectivity index (χ3v) is 5.48. The smallest absolute Gasteiger partial charge is 0.243 e. The molecule has 1 heterocycles. The fourth-order valence-electron chi connectivity index (χ4n) is 2.17. The molecule has 0 saturated carbocycles. The minimum absolute atomic E-state index is 0.0334. The van der Waals surface area contributed by atoms with Gasteiger partial charge in [-0.15, -0.1) is 0 Å². The molecule has 132 valence electrons. The molecule has 0 saturated heterocycles. The van der Waals surface area contributed by atoms with E-state index >= 15 is 0 Å². The van der Waals surface area contributed by atoms with Gasteiger partial charge in [-0.1, -0.05) is 0 Å². The van der Waals surface area contributed by atoms with Crippen LogP contribution in [0.1, 0.15) is 17.1 Å². The monoisotopic (exact) mass is 361 g/mol. The van der Waals surface area contributed by atoms with Crippen LogP contribution in [-0.2, 0) is 21.4 Å². The normalized spacial score (nSPS) is 11.3. The molecule has 2 aromatic rings. The van der Waals surface area contributed by atoms with Gasteiger partial charge in [-0.25, -0.2) is 8.42 Å². The maximum atomic E-state index is 12.5. The molecule has 0 spiro atoms. The zero-order valence-electron chi connectivity index (χ0n) is 14.3. The van der Waals surface area contributed by atoms with Gasteiger partial charge < -0.3 is 9.32 Å². The maximum Gasteiger partial charge on any atom is 0.243 e. The van der Waals surface area contributed by atoms with E-state index in [-0.39, 0.29) is 23.9 Å². The van der Waals surface area contributed by atoms with E-state index in [1.54, 1.807) is 19.2 Å². The van der Waals surface area contributed by atoms with Crippen molar-refractivity contribution in [1.82, 2.24) is 9.21 Å². The molecule has 0 bridgehead atoms. The number of hydrogen-bond acceptors (Lipinski definition) is 5. The molecule has 1 aromatic heterocycles. The van der Waals surface area contributed by atoms with Crippen molar-refractivity contribution in [2.75, 3.05) is 20.6 Å². The molecule has 0 atom stereocenters. The van der Waals surface area contributed by atoms with Crippen LogP contribution in [0.5, 0.6) is 0 Å². The van der Waals surface area contributed by atoms with E-state index in [0.717, 1.165) is 10.1 Å². The lowest BCUT2D eigenvalue weighted by molar-refractivity contribution is -0.130. The van der Waals surface area contributed by atoms with E-state index < -0.39 is 10.0 Å². The predicted molar refractivity (Wildman–Crippen MR) is 90.9 cm³/mol. The van der Waals surface area contributed by atoms with Crippen LogP contribution in [-0.4, -0.2) is 44.2 Å². The molecule has 0 aliphatic rings. The zero-order chi connectivity index (χ0) is 18.6. The first kappa shape index (κ1) is 18.7. The van der Waals surface area contributed by atoms with E-state index in [2.05, 4.69) is 0 Å². The lowest BCUT2D eigenvalue weighted by Crippen LogP contribution is -2.39. The minimum Gasteiger partial charge on any atom is -0.464 e. The highest BCUT2D eigenvalue weighted by molar-refractivity contribution is 7.89. The van der Waals surface area contributed by atoms with Crippen LogP contribution < -0.4 is 0 Å². The van der Waals surface area contributed by atoms with Crippen molar-refractivity contribution >= 4 is 15.9 Å². The third-order valence-electron chi connectivity index (χ3n) is 3.66. The van der Waals surface area contributed by atoms with Gasteiger partial charge in [0, 0.05) is 14.1 Å². The Morgan fingerprint density at radius 1 is 1.16 bits per heavy atom. The number of likely N-dealkylation sites (N-methyl/N-ethyl adjacent to an activating group) is 2. The van der Waals surface area contributed by atoms with E-state index in [1.807, 2.05) is 13.0 Å².